The third-order valence-corrected chi connectivity index (χ3v) is 6.90. The fourth-order valence-electron chi connectivity index (χ4n) is 4.67. The lowest BCUT2D eigenvalue weighted by Gasteiger charge is -2.38. The van der Waals surface area contributed by atoms with Crippen LogP contribution in [0.25, 0.3) is 0 Å². The minimum atomic E-state index is -0.483. The molecule has 0 radical (unpaired) electrons. The van der Waals surface area contributed by atoms with E-state index in [-0.39, 0.29) is 47.5 Å². The second-order valence-corrected chi connectivity index (χ2v) is 9.85. The molecule has 2 aromatic rings. The summed E-state index contributed by atoms with van der Waals surface area (Å²) >= 11 is 5.87. The topological polar surface area (TPSA) is 121 Å². The Morgan fingerprint density at radius 3 is 2.49 bits per heavy atom. The first-order valence-electron chi connectivity index (χ1n) is 12.2. The first-order chi connectivity index (χ1) is 17.7. The van der Waals surface area contributed by atoms with Crippen molar-refractivity contribution in [3.05, 3.63) is 52.7 Å². The van der Waals surface area contributed by atoms with Crippen LogP contribution < -0.4 is 10.6 Å². The van der Waals surface area contributed by atoms with E-state index in [9.17, 15) is 19.2 Å². The molecule has 1 aliphatic carbocycles. The number of benzene rings is 1. The summed E-state index contributed by atoms with van der Waals surface area (Å²) in [5, 5.41) is 6.01. The number of amides is 4. The summed E-state index contributed by atoms with van der Waals surface area (Å²) in [4.78, 5) is 58.4. The second-order valence-electron chi connectivity index (χ2n) is 9.41. The van der Waals surface area contributed by atoms with Crippen molar-refractivity contribution in [1.29, 1.82) is 0 Å². The van der Waals surface area contributed by atoms with Gasteiger partial charge in [-0.1, -0.05) is 11.6 Å². The number of nitrogens with zero attached hydrogens (tertiary/aromatic N) is 3. The van der Waals surface area contributed by atoms with Gasteiger partial charge in [0.15, 0.2) is 0 Å². The zero-order valence-electron chi connectivity index (χ0n) is 20.8. The van der Waals surface area contributed by atoms with Gasteiger partial charge in [-0.2, -0.15) is 0 Å². The van der Waals surface area contributed by atoms with Gasteiger partial charge in [0.25, 0.3) is 11.8 Å². The van der Waals surface area contributed by atoms with Crippen LogP contribution in [0, 0.1) is 5.92 Å². The Morgan fingerprint density at radius 1 is 1.08 bits per heavy atom. The highest BCUT2D eigenvalue weighted by molar-refractivity contribution is 6.30. The van der Waals surface area contributed by atoms with Gasteiger partial charge in [0.2, 0.25) is 11.8 Å². The predicted octanol–water partition coefficient (Wildman–Crippen LogP) is 3.05. The Balaban J connectivity index is 1.48. The number of carbonyl (C=O) groups is 4. The molecule has 4 amide bonds. The molecule has 1 saturated heterocycles. The maximum atomic E-state index is 13.2. The first kappa shape index (κ1) is 26.6. The van der Waals surface area contributed by atoms with Gasteiger partial charge >= 0.3 is 0 Å². The average molecular weight is 528 g/mol. The standard InChI is InChI=1S/C26H30ClN5O5/c1-31(2)26(36)17-5-9-20(25(35)30-22-10-6-18(27)14-28-22)21(13-17)29-24(34)16-3-7-19(8-4-16)32-11-12-37-15-23(32)33/h5-6,9-10,13-14,16,19H,3-4,7-8,11-12,15H2,1-2H3,(H,29,34)(H,28,30,35). The second kappa shape index (κ2) is 11.7. The lowest BCUT2D eigenvalue weighted by Crippen LogP contribution is -2.49. The van der Waals surface area contributed by atoms with E-state index in [1.165, 1.54) is 23.2 Å². The third-order valence-electron chi connectivity index (χ3n) is 6.67. The molecule has 0 atom stereocenters. The van der Waals surface area contributed by atoms with Crippen molar-refractivity contribution in [3.63, 3.8) is 0 Å². The van der Waals surface area contributed by atoms with Crippen LogP contribution in [0.2, 0.25) is 5.02 Å². The lowest BCUT2D eigenvalue weighted by molar-refractivity contribution is -0.146. The minimum Gasteiger partial charge on any atom is -0.370 e. The number of pyridine rings is 1. The molecule has 1 aromatic carbocycles. The zero-order valence-corrected chi connectivity index (χ0v) is 21.6. The Labute approximate surface area is 220 Å². The average Bonchev–Trinajstić information content (AvgIpc) is 2.89. The summed E-state index contributed by atoms with van der Waals surface area (Å²) in [6.45, 7) is 1.22. The zero-order chi connectivity index (χ0) is 26.5. The van der Waals surface area contributed by atoms with E-state index in [1.807, 2.05) is 4.90 Å². The highest BCUT2D eigenvalue weighted by atomic mass is 35.5. The number of hydrogen-bond acceptors (Lipinski definition) is 6. The Bertz CT molecular complexity index is 1180. The number of carbonyl (C=O) groups excluding carboxylic acids is 4. The summed E-state index contributed by atoms with van der Waals surface area (Å²) in [5.41, 5.74) is 0.790. The van der Waals surface area contributed by atoms with Gasteiger partial charge in [0, 0.05) is 44.4 Å². The van der Waals surface area contributed by atoms with Gasteiger partial charge in [-0.25, -0.2) is 4.98 Å². The molecule has 2 N–H and O–H groups in total. The molecule has 0 bridgehead atoms. The summed E-state index contributed by atoms with van der Waals surface area (Å²) in [7, 11) is 3.26. The van der Waals surface area contributed by atoms with Gasteiger partial charge in [0.05, 0.1) is 22.9 Å². The van der Waals surface area contributed by atoms with Crippen LogP contribution in [0.1, 0.15) is 46.4 Å². The van der Waals surface area contributed by atoms with Crippen molar-refractivity contribution in [2.24, 2.45) is 5.92 Å². The van der Waals surface area contributed by atoms with E-state index in [2.05, 4.69) is 15.6 Å². The van der Waals surface area contributed by atoms with Crippen molar-refractivity contribution >= 4 is 46.7 Å². The monoisotopic (exact) mass is 527 g/mol. The van der Waals surface area contributed by atoms with Crippen LogP contribution in [0.5, 0.6) is 0 Å². The van der Waals surface area contributed by atoms with Crippen LogP contribution >= 0.6 is 11.6 Å². The Kier molecular flexibility index (Phi) is 8.40. The van der Waals surface area contributed by atoms with Crippen molar-refractivity contribution in [2.45, 2.75) is 31.7 Å². The maximum Gasteiger partial charge on any atom is 0.258 e. The molecular weight excluding hydrogens is 498 g/mol. The minimum absolute atomic E-state index is 0.00708. The summed E-state index contributed by atoms with van der Waals surface area (Å²) in [6.07, 6.45) is 4.10. The van der Waals surface area contributed by atoms with E-state index in [4.69, 9.17) is 16.3 Å². The molecule has 1 aliphatic heterocycles. The number of morpholine rings is 1. The number of hydrogen-bond donors (Lipinski definition) is 2. The molecule has 4 rings (SSSR count). The molecule has 0 unspecified atom stereocenters. The number of ether oxygens (including phenoxy) is 1. The number of nitrogens with one attached hydrogen (secondary N) is 2. The van der Waals surface area contributed by atoms with E-state index >= 15 is 0 Å². The molecule has 10 nitrogen and oxygen atoms in total. The van der Waals surface area contributed by atoms with E-state index in [0.29, 0.717) is 42.4 Å². The fraction of sp³-hybridized carbons (Fsp3) is 0.423. The number of aromatic nitrogens is 1. The fourth-order valence-corrected chi connectivity index (χ4v) is 4.78. The largest absolute Gasteiger partial charge is 0.370 e. The molecule has 196 valence electrons. The van der Waals surface area contributed by atoms with Gasteiger partial charge in [0.1, 0.15) is 12.4 Å². The molecule has 2 aliphatic rings. The number of rotatable bonds is 6. The van der Waals surface area contributed by atoms with Gasteiger partial charge in [-0.15, -0.1) is 0 Å². The van der Waals surface area contributed by atoms with Crippen LogP contribution in [-0.2, 0) is 14.3 Å². The molecular formula is C26H30ClN5O5. The van der Waals surface area contributed by atoms with E-state index in [0.717, 1.165) is 12.8 Å². The summed E-state index contributed by atoms with van der Waals surface area (Å²) < 4.78 is 5.22. The van der Waals surface area contributed by atoms with E-state index in [1.54, 1.807) is 32.3 Å². The highest BCUT2D eigenvalue weighted by Gasteiger charge is 2.33. The number of anilines is 2. The molecule has 11 heteroatoms. The molecule has 1 saturated carbocycles. The Morgan fingerprint density at radius 2 is 1.84 bits per heavy atom. The van der Waals surface area contributed by atoms with Crippen LogP contribution in [0.3, 0.4) is 0 Å². The lowest BCUT2D eigenvalue weighted by atomic mass is 9.84. The summed E-state index contributed by atoms with van der Waals surface area (Å²) in [6, 6.07) is 7.86. The molecule has 2 heterocycles. The van der Waals surface area contributed by atoms with Crippen molar-refractivity contribution in [2.75, 3.05) is 44.5 Å². The Hall–Kier alpha value is -3.50. The smallest absolute Gasteiger partial charge is 0.258 e. The molecule has 37 heavy (non-hydrogen) atoms. The van der Waals surface area contributed by atoms with Crippen molar-refractivity contribution < 1.29 is 23.9 Å². The van der Waals surface area contributed by atoms with E-state index < -0.39 is 5.91 Å². The molecule has 0 spiro atoms. The maximum absolute atomic E-state index is 13.2. The quantitative estimate of drug-likeness (QED) is 0.595. The van der Waals surface area contributed by atoms with Gasteiger partial charge in [-0.05, 0) is 56.0 Å². The van der Waals surface area contributed by atoms with Gasteiger partial charge in [-0.3, -0.25) is 19.2 Å². The van der Waals surface area contributed by atoms with Crippen LogP contribution in [0.4, 0.5) is 11.5 Å². The number of halogens is 1. The first-order valence-corrected chi connectivity index (χ1v) is 12.6. The third kappa shape index (κ3) is 6.44. The van der Waals surface area contributed by atoms with Crippen molar-refractivity contribution in [1.82, 2.24) is 14.8 Å². The SMILES string of the molecule is CN(C)C(=O)c1ccc(C(=O)Nc2ccc(Cl)cn2)c(NC(=O)C2CCC(N3CCOCC3=O)CC2)c1. The molecule has 1 aromatic heterocycles. The molecule has 2 fully saturated rings. The normalized spacial score (nSPS) is 19.8. The highest BCUT2D eigenvalue weighted by Crippen LogP contribution is 2.30. The van der Waals surface area contributed by atoms with Crippen LogP contribution in [-0.4, -0.2) is 78.3 Å². The van der Waals surface area contributed by atoms with Crippen LogP contribution in [0.15, 0.2) is 36.5 Å². The summed E-state index contributed by atoms with van der Waals surface area (Å²) in [5.74, 6) is -0.932. The predicted molar refractivity (Wildman–Crippen MR) is 139 cm³/mol. The van der Waals surface area contributed by atoms with Gasteiger partial charge < -0.3 is 25.2 Å². The van der Waals surface area contributed by atoms with Crippen molar-refractivity contribution in [3.8, 4) is 0 Å².